The fourth-order valence-electron chi connectivity index (χ4n) is 3.02. The summed E-state index contributed by atoms with van der Waals surface area (Å²) in [5.74, 6) is -0.0286. The first-order valence-corrected chi connectivity index (χ1v) is 9.44. The molecule has 5 nitrogen and oxygen atoms in total. The highest BCUT2D eigenvalue weighted by Gasteiger charge is 2.31. The Kier molecular flexibility index (Phi) is 5.45. The van der Waals surface area contributed by atoms with E-state index in [9.17, 15) is 13.2 Å². The number of hydrogen-bond acceptors (Lipinski definition) is 4. The van der Waals surface area contributed by atoms with Crippen LogP contribution in [0.2, 0.25) is 0 Å². The van der Waals surface area contributed by atoms with E-state index in [0.29, 0.717) is 10.6 Å². The van der Waals surface area contributed by atoms with Gasteiger partial charge in [0.05, 0.1) is 22.3 Å². The lowest BCUT2D eigenvalue weighted by Crippen LogP contribution is -2.42. The van der Waals surface area contributed by atoms with Gasteiger partial charge in [0, 0.05) is 13.1 Å². The van der Waals surface area contributed by atoms with Crippen LogP contribution in [0.15, 0.2) is 29.2 Å². The first-order chi connectivity index (χ1) is 10.5. The average Bonchev–Trinajstić information content (AvgIpc) is 2.55. The minimum absolute atomic E-state index is 0.0213. The molecule has 2 N–H and O–H groups in total. The van der Waals surface area contributed by atoms with Gasteiger partial charge in [-0.2, -0.15) is 0 Å². The number of carbonyl (C=O) groups is 1. The molecule has 122 valence electrons. The van der Waals surface area contributed by atoms with Crippen LogP contribution in [-0.4, -0.2) is 33.2 Å². The van der Waals surface area contributed by atoms with Crippen LogP contribution < -0.4 is 10.6 Å². The Bertz CT molecular complexity index is 628. The van der Waals surface area contributed by atoms with Crippen molar-refractivity contribution in [2.45, 2.75) is 43.5 Å². The average molecular weight is 324 g/mol. The first-order valence-electron chi connectivity index (χ1n) is 7.79. The van der Waals surface area contributed by atoms with Gasteiger partial charge in [-0.1, -0.05) is 31.9 Å². The van der Waals surface area contributed by atoms with Gasteiger partial charge in [0.2, 0.25) is 5.91 Å². The van der Waals surface area contributed by atoms with E-state index in [1.54, 1.807) is 32.2 Å². The van der Waals surface area contributed by atoms with Gasteiger partial charge < -0.3 is 10.6 Å². The van der Waals surface area contributed by atoms with Crippen molar-refractivity contribution >= 4 is 21.4 Å². The third-order valence-corrected chi connectivity index (χ3v) is 6.08. The minimum atomic E-state index is -3.29. The molecule has 1 aliphatic carbocycles. The monoisotopic (exact) mass is 324 g/mol. The standard InChI is InChI=1S/C16H24N2O3S/c1-3-22(20,21)15-11-7-6-10-14(15)18-13-9-5-4-8-12(13)16(19)17-2/h6-7,10-13,18H,3-5,8-9H2,1-2H3,(H,17,19)/t12-,13-/m1/s1. The van der Waals surface area contributed by atoms with Crippen LogP contribution in [0.25, 0.3) is 0 Å². The molecule has 1 fully saturated rings. The molecule has 0 aromatic heterocycles. The highest BCUT2D eigenvalue weighted by Crippen LogP contribution is 2.30. The van der Waals surface area contributed by atoms with Gasteiger partial charge in [-0.25, -0.2) is 8.42 Å². The van der Waals surface area contributed by atoms with Crippen LogP contribution in [0.1, 0.15) is 32.6 Å². The highest BCUT2D eigenvalue weighted by atomic mass is 32.2. The van der Waals surface area contributed by atoms with Crippen molar-refractivity contribution in [3.63, 3.8) is 0 Å². The summed E-state index contributed by atoms with van der Waals surface area (Å²) < 4.78 is 24.4. The quantitative estimate of drug-likeness (QED) is 0.870. The summed E-state index contributed by atoms with van der Waals surface area (Å²) in [4.78, 5) is 12.4. The Hall–Kier alpha value is -1.56. The number of benzene rings is 1. The fraction of sp³-hybridized carbons (Fsp3) is 0.562. The van der Waals surface area contributed by atoms with Crippen molar-refractivity contribution in [2.24, 2.45) is 5.92 Å². The summed E-state index contributed by atoms with van der Waals surface area (Å²) in [7, 11) is -1.64. The van der Waals surface area contributed by atoms with E-state index in [0.717, 1.165) is 25.7 Å². The second-order valence-corrected chi connectivity index (χ2v) is 7.90. The molecule has 1 aromatic carbocycles. The van der Waals surface area contributed by atoms with Gasteiger partial charge in [0.25, 0.3) is 0 Å². The van der Waals surface area contributed by atoms with Crippen LogP contribution >= 0.6 is 0 Å². The molecule has 2 rings (SSSR count). The molecule has 0 radical (unpaired) electrons. The summed E-state index contributed by atoms with van der Waals surface area (Å²) in [6, 6.07) is 6.91. The minimum Gasteiger partial charge on any atom is -0.380 e. The van der Waals surface area contributed by atoms with Crippen molar-refractivity contribution in [3.05, 3.63) is 24.3 Å². The molecule has 22 heavy (non-hydrogen) atoms. The zero-order valence-corrected chi connectivity index (χ0v) is 13.9. The van der Waals surface area contributed by atoms with Crippen LogP contribution in [0.3, 0.4) is 0 Å². The van der Waals surface area contributed by atoms with E-state index in [1.807, 2.05) is 6.07 Å². The zero-order valence-electron chi connectivity index (χ0n) is 13.1. The van der Waals surface area contributed by atoms with Crippen molar-refractivity contribution in [1.29, 1.82) is 0 Å². The highest BCUT2D eigenvalue weighted by molar-refractivity contribution is 7.91. The van der Waals surface area contributed by atoms with E-state index < -0.39 is 9.84 Å². The van der Waals surface area contributed by atoms with E-state index in [4.69, 9.17) is 0 Å². The maximum absolute atomic E-state index is 12.2. The van der Waals surface area contributed by atoms with Crippen molar-refractivity contribution in [3.8, 4) is 0 Å². The number of carbonyl (C=O) groups excluding carboxylic acids is 1. The predicted octanol–water partition coefficient (Wildman–Crippen LogP) is 2.20. The Balaban J connectivity index is 2.28. The second-order valence-electron chi connectivity index (χ2n) is 5.66. The van der Waals surface area contributed by atoms with E-state index in [1.165, 1.54) is 0 Å². The molecule has 0 saturated heterocycles. The number of nitrogens with one attached hydrogen (secondary N) is 2. The van der Waals surface area contributed by atoms with Crippen LogP contribution in [0, 0.1) is 5.92 Å². The number of hydrogen-bond donors (Lipinski definition) is 2. The van der Waals surface area contributed by atoms with Crippen LogP contribution in [0.5, 0.6) is 0 Å². The van der Waals surface area contributed by atoms with Gasteiger partial charge in [0.15, 0.2) is 9.84 Å². The number of sulfone groups is 1. The smallest absolute Gasteiger partial charge is 0.224 e. The summed E-state index contributed by atoms with van der Waals surface area (Å²) >= 11 is 0. The molecule has 0 bridgehead atoms. The van der Waals surface area contributed by atoms with Crippen molar-refractivity contribution in [2.75, 3.05) is 18.1 Å². The number of anilines is 1. The van der Waals surface area contributed by atoms with E-state index in [-0.39, 0.29) is 23.6 Å². The molecule has 1 amide bonds. The number of para-hydroxylation sites is 1. The molecule has 0 spiro atoms. The first kappa shape index (κ1) is 16.8. The van der Waals surface area contributed by atoms with Crippen molar-refractivity contribution in [1.82, 2.24) is 5.32 Å². The molecule has 1 saturated carbocycles. The van der Waals surface area contributed by atoms with E-state index >= 15 is 0 Å². The lowest BCUT2D eigenvalue weighted by molar-refractivity contribution is -0.125. The summed E-state index contributed by atoms with van der Waals surface area (Å²) in [5, 5.41) is 6.02. The van der Waals surface area contributed by atoms with E-state index in [2.05, 4.69) is 10.6 Å². The molecule has 0 heterocycles. The molecular weight excluding hydrogens is 300 g/mol. The van der Waals surface area contributed by atoms with Gasteiger partial charge in [-0.3, -0.25) is 4.79 Å². The van der Waals surface area contributed by atoms with Crippen LogP contribution in [-0.2, 0) is 14.6 Å². The molecular formula is C16H24N2O3S. The zero-order chi connectivity index (χ0) is 16.2. The molecule has 1 aliphatic rings. The summed E-state index contributed by atoms with van der Waals surface area (Å²) in [5.41, 5.74) is 0.602. The Morgan fingerprint density at radius 2 is 1.91 bits per heavy atom. The van der Waals surface area contributed by atoms with Gasteiger partial charge in [0.1, 0.15) is 0 Å². The Morgan fingerprint density at radius 1 is 1.23 bits per heavy atom. The normalized spacial score (nSPS) is 22.1. The fourth-order valence-corrected chi connectivity index (χ4v) is 4.07. The van der Waals surface area contributed by atoms with Crippen LogP contribution in [0.4, 0.5) is 5.69 Å². The lowest BCUT2D eigenvalue weighted by atomic mass is 9.83. The summed E-state index contributed by atoms with van der Waals surface area (Å²) in [6.45, 7) is 1.64. The lowest BCUT2D eigenvalue weighted by Gasteiger charge is -2.32. The summed E-state index contributed by atoms with van der Waals surface area (Å²) in [6.07, 6.45) is 3.79. The van der Waals surface area contributed by atoms with Gasteiger partial charge >= 0.3 is 0 Å². The molecule has 2 atom stereocenters. The predicted molar refractivity (Wildman–Crippen MR) is 87.6 cm³/mol. The number of rotatable bonds is 5. The molecule has 0 aliphatic heterocycles. The van der Waals surface area contributed by atoms with Gasteiger partial charge in [-0.15, -0.1) is 0 Å². The maximum Gasteiger partial charge on any atom is 0.224 e. The Labute approximate surface area is 132 Å². The molecule has 6 heteroatoms. The third kappa shape index (κ3) is 3.61. The third-order valence-electron chi connectivity index (χ3n) is 4.29. The second kappa shape index (κ2) is 7.13. The van der Waals surface area contributed by atoms with Gasteiger partial charge in [-0.05, 0) is 25.0 Å². The maximum atomic E-state index is 12.2. The molecule has 0 unspecified atom stereocenters. The topological polar surface area (TPSA) is 75.3 Å². The SMILES string of the molecule is CCS(=O)(=O)c1ccccc1N[C@@H]1CCCC[C@H]1C(=O)NC. The Morgan fingerprint density at radius 3 is 2.59 bits per heavy atom. The number of amides is 1. The largest absolute Gasteiger partial charge is 0.380 e. The van der Waals surface area contributed by atoms with Crippen molar-refractivity contribution < 1.29 is 13.2 Å². The molecule has 1 aromatic rings.